The number of nitrogens with one attached hydrogen (secondary N) is 1. The van der Waals surface area contributed by atoms with E-state index < -0.39 is 51.7 Å². The zero-order valence-corrected chi connectivity index (χ0v) is 27.9. The molecule has 1 amide bonds. The van der Waals surface area contributed by atoms with Gasteiger partial charge in [-0.3, -0.25) is 23.7 Å². The van der Waals surface area contributed by atoms with Gasteiger partial charge < -0.3 is 30.5 Å². The summed E-state index contributed by atoms with van der Waals surface area (Å²) in [4.78, 5) is 53.2. The fraction of sp³-hybridized carbons (Fsp3) is 0.815. The van der Waals surface area contributed by atoms with Crippen LogP contribution in [0.4, 0.5) is 0 Å². The van der Waals surface area contributed by atoms with Crippen LogP contribution in [0.15, 0.2) is 0 Å². The van der Waals surface area contributed by atoms with Gasteiger partial charge in [0.15, 0.2) is 5.25 Å². The van der Waals surface area contributed by atoms with Crippen LogP contribution in [0, 0.1) is 0 Å². The van der Waals surface area contributed by atoms with Gasteiger partial charge in [0.1, 0.15) is 0 Å². The Kier molecular flexibility index (Phi) is 29.9. The second kappa shape index (κ2) is 28.1. The van der Waals surface area contributed by atoms with E-state index in [1.54, 1.807) is 0 Å². The Balaban J connectivity index is -0.000000983. The SMILES string of the molecule is CCCCCCCCCCCCCCCCCC(=O)N[C@@H](CCC(=O)O)C(=O)[O-].O=C(O)CC(C(=O)O)S(=O)(=O)O.[Na+]. The van der Waals surface area contributed by atoms with Crippen LogP contribution in [0.5, 0.6) is 0 Å². The summed E-state index contributed by atoms with van der Waals surface area (Å²) in [6, 6.07) is -1.23. The van der Waals surface area contributed by atoms with Crippen molar-refractivity contribution in [2.24, 2.45) is 0 Å². The molecule has 0 fully saturated rings. The Hall–Kier alpha value is -1.74. The maximum atomic E-state index is 11.8. The van der Waals surface area contributed by atoms with E-state index in [9.17, 15) is 37.5 Å². The Morgan fingerprint density at radius 1 is 0.690 bits per heavy atom. The van der Waals surface area contributed by atoms with Crippen molar-refractivity contribution < 1.29 is 86.9 Å². The summed E-state index contributed by atoms with van der Waals surface area (Å²) in [6.07, 6.45) is 17.4. The number of hydrogen-bond acceptors (Lipinski definition) is 8. The molecule has 0 bridgehead atoms. The number of carboxylic acids is 4. The molecule has 0 saturated heterocycles. The van der Waals surface area contributed by atoms with Crippen molar-refractivity contribution in [3.05, 3.63) is 0 Å². The van der Waals surface area contributed by atoms with Crippen LogP contribution >= 0.6 is 0 Å². The van der Waals surface area contributed by atoms with Crippen LogP contribution in [-0.4, -0.2) is 69.4 Å². The van der Waals surface area contributed by atoms with Gasteiger partial charge in [0.05, 0.1) is 18.4 Å². The number of amides is 1. The second-order valence-electron chi connectivity index (χ2n) is 10.0. The number of carboxylic acid groups (broad SMARTS) is 4. The third-order valence-electron chi connectivity index (χ3n) is 6.27. The summed E-state index contributed by atoms with van der Waals surface area (Å²) in [5, 5.41) is 35.8. The van der Waals surface area contributed by atoms with E-state index in [4.69, 9.17) is 19.9 Å². The summed E-state index contributed by atoms with van der Waals surface area (Å²) in [6.45, 7) is 2.25. The van der Waals surface area contributed by atoms with E-state index in [0.29, 0.717) is 0 Å². The molecule has 0 aliphatic heterocycles. The number of carbonyl (C=O) groups excluding carboxylic acids is 2. The molecule has 5 N–H and O–H groups in total. The van der Waals surface area contributed by atoms with E-state index in [1.807, 2.05) is 0 Å². The molecule has 0 aromatic rings. The van der Waals surface area contributed by atoms with Gasteiger partial charge in [-0.05, 0) is 12.8 Å². The standard InChI is InChI=1S/C23H43NO5.C4H6O7S.Na/c1-2-3-4-5-6-7-8-9-10-11-12-13-14-15-16-17-21(25)24-20(23(28)29)18-19-22(26)27;5-3(6)1-2(4(7)8)12(9,10)11;/h20H,2-19H2,1H3,(H,24,25)(H,26,27)(H,28,29);2H,1H2,(H,5,6)(H,7,8)(H,9,10,11);/q;;+1/p-1/t20-;;/m0../s1. The van der Waals surface area contributed by atoms with Crippen molar-refractivity contribution in [1.29, 1.82) is 0 Å². The van der Waals surface area contributed by atoms with Crippen molar-refractivity contribution in [2.45, 2.75) is 140 Å². The first kappa shape index (κ1) is 44.7. The fourth-order valence-electron chi connectivity index (χ4n) is 3.92. The average Bonchev–Trinajstić information content (AvgIpc) is 2.86. The van der Waals surface area contributed by atoms with Gasteiger partial charge >= 0.3 is 47.5 Å². The van der Waals surface area contributed by atoms with E-state index in [-0.39, 0.29) is 54.7 Å². The zero-order chi connectivity index (χ0) is 31.7. The Bertz CT molecular complexity index is 882. The Morgan fingerprint density at radius 3 is 1.38 bits per heavy atom. The number of hydrogen-bond donors (Lipinski definition) is 5. The molecule has 0 saturated carbocycles. The van der Waals surface area contributed by atoms with Gasteiger partial charge in [0.2, 0.25) is 5.91 Å². The summed E-state index contributed by atoms with van der Waals surface area (Å²) in [7, 11) is -4.84. The van der Waals surface area contributed by atoms with Crippen molar-refractivity contribution in [3.63, 3.8) is 0 Å². The zero-order valence-electron chi connectivity index (χ0n) is 25.1. The van der Waals surface area contributed by atoms with E-state index in [0.717, 1.165) is 19.3 Å². The first-order valence-corrected chi connectivity index (χ1v) is 15.9. The predicted molar refractivity (Wildman–Crippen MR) is 149 cm³/mol. The number of carbonyl (C=O) groups is 5. The monoisotopic (exact) mass is 633 g/mol. The molecule has 0 aliphatic rings. The number of rotatable bonds is 25. The van der Waals surface area contributed by atoms with Gasteiger partial charge in [0.25, 0.3) is 10.1 Å². The van der Waals surface area contributed by atoms with Crippen LogP contribution in [0.3, 0.4) is 0 Å². The molecule has 0 aliphatic carbocycles. The smallest absolute Gasteiger partial charge is 0.548 e. The molecule has 0 spiro atoms. The molecule has 42 heavy (non-hydrogen) atoms. The minimum atomic E-state index is -4.84. The molecule has 0 aromatic carbocycles. The van der Waals surface area contributed by atoms with Gasteiger partial charge in [-0.2, -0.15) is 8.42 Å². The summed E-state index contributed by atoms with van der Waals surface area (Å²) in [5.41, 5.74) is 0. The van der Waals surface area contributed by atoms with Crippen LogP contribution in [0.2, 0.25) is 0 Å². The molecule has 240 valence electrons. The number of aliphatic carboxylic acids is 4. The summed E-state index contributed by atoms with van der Waals surface area (Å²) >= 11 is 0. The van der Waals surface area contributed by atoms with Crippen LogP contribution in [0.1, 0.15) is 129 Å². The molecule has 0 rings (SSSR count). The van der Waals surface area contributed by atoms with E-state index in [1.165, 1.54) is 77.0 Å². The van der Waals surface area contributed by atoms with Gasteiger partial charge in [-0.25, -0.2) is 0 Å². The minimum absolute atomic E-state index is 0. The predicted octanol–water partition coefficient (Wildman–Crippen LogP) is 0.154. The van der Waals surface area contributed by atoms with E-state index in [2.05, 4.69) is 12.2 Å². The van der Waals surface area contributed by atoms with Crippen molar-refractivity contribution in [3.8, 4) is 0 Å². The fourth-order valence-corrected chi connectivity index (χ4v) is 4.53. The first-order chi connectivity index (χ1) is 19.2. The average molecular weight is 634 g/mol. The molecule has 15 heteroatoms. The third kappa shape index (κ3) is 29.7. The van der Waals surface area contributed by atoms with Gasteiger partial charge in [-0.1, -0.05) is 96.8 Å². The Morgan fingerprint density at radius 2 is 1.10 bits per heavy atom. The third-order valence-corrected chi connectivity index (χ3v) is 7.36. The van der Waals surface area contributed by atoms with Crippen LogP contribution < -0.4 is 40.0 Å². The maximum absolute atomic E-state index is 11.8. The molecule has 0 aromatic heterocycles. The maximum Gasteiger partial charge on any atom is 1.00 e. The summed E-state index contributed by atoms with van der Waals surface area (Å²) in [5.74, 6) is -6.37. The van der Waals surface area contributed by atoms with E-state index >= 15 is 0 Å². The van der Waals surface area contributed by atoms with Crippen molar-refractivity contribution >= 4 is 39.9 Å². The quantitative estimate of drug-likeness (QED) is 0.0513. The molecular weight excluding hydrogens is 585 g/mol. The van der Waals surface area contributed by atoms with Crippen LogP contribution in [0.25, 0.3) is 0 Å². The van der Waals surface area contributed by atoms with Gasteiger partial charge in [-0.15, -0.1) is 0 Å². The molecule has 0 radical (unpaired) electrons. The molecule has 2 atom stereocenters. The summed E-state index contributed by atoms with van der Waals surface area (Å²) < 4.78 is 28.7. The first-order valence-electron chi connectivity index (χ1n) is 14.3. The molecule has 1 unspecified atom stereocenters. The molecule has 13 nitrogen and oxygen atoms in total. The second-order valence-corrected chi connectivity index (χ2v) is 11.6. The van der Waals surface area contributed by atoms with Crippen LogP contribution in [-0.2, 0) is 34.1 Å². The Labute approximate surface area is 271 Å². The van der Waals surface area contributed by atoms with Crippen molar-refractivity contribution in [2.75, 3.05) is 0 Å². The molecule has 0 heterocycles. The largest absolute Gasteiger partial charge is 1.00 e. The topological polar surface area (TPSA) is 235 Å². The van der Waals surface area contributed by atoms with Gasteiger partial charge in [0, 0.05) is 12.8 Å². The normalized spacial score (nSPS) is 12.1. The number of unbranched alkanes of at least 4 members (excludes halogenated alkanes) is 14. The van der Waals surface area contributed by atoms with Crippen molar-refractivity contribution in [1.82, 2.24) is 5.32 Å². The molecular formula is C27H48NNaO12S. The minimum Gasteiger partial charge on any atom is -0.548 e.